The Bertz CT molecular complexity index is 332. The molecule has 0 saturated heterocycles. The molecule has 3 heteroatoms. The monoisotopic (exact) mass is 238 g/mol. The van der Waals surface area contributed by atoms with Gasteiger partial charge in [-0.25, -0.2) is 0 Å². The fraction of sp³-hybridized carbons (Fsp3) is 0.462. The number of ether oxygens (including phenoxy) is 1. The fourth-order valence-corrected chi connectivity index (χ4v) is 2.31. The fourth-order valence-electron chi connectivity index (χ4n) is 1.43. The first-order chi connectivity index (χ1) is 7.69. The van der Waals surface area contributed by atoms with E-state index in [0.717, 1.165) is 11.3 Å². The van der Waals surface area contributed by atoms with Crippen molar-refractivity contribution in [3.05, 3.63) is 35.4 Å². The van der Waals surface area contributed by atoms with Crippen molar-refractivity contribution in [1.82, 2.24) is 0 Å². The number of carbonyl (C=O) groups is 1. The average Bonchev–Trinajstić information content (AvgIpc) is 2.28. The van der Waals surface area contributed by atoms with E-state index in [-0.39, 0.29) is 11.2 Å². The predicted octanol–water partition coefficient (Wildman–Crippen LogP) is 3.35. The van der Waals surface area contributed by atoms with E-state index in [4.69, 9.17) is 4.74 Å². The standard InChI is InChI=1S/C13H18O2S/c1-4-15-13(14)12(16-5-2)11-8-6-10(3)7-9-11/h6-9,12H,4-5H2,1-3H3. The van der Waals surface area contributed by atoms with Gasteiger partial charge in [0.15, 0.2) is 0 Å². The number of benzene rings is 1. The second-order valence-corrected chi connectivity index (χ2v) is 4.88. The van der Waals surface area contributed by atoms with Crippen LogP contribution in [0.4, 0.5) is 0 Å². The summed E-state index contributed by atoms with van der Waals surface area (Å²) in [5.74, 6) is 0.760. The number of carbonyl (C=O) groups excluding carboxylic acids is 1. The molecule has 1 atom stereocenters. The summed E-state index contributed by atoms with van der Waals surface area (Å²) >= 11 is 1.61. The van der Waals surface area contributed by atoms with Gasteiger partial charge in [-0.05, 0) is 25.2 Å². The Morgan fingerprint density at radius 3 is 2.44 bits per heavy atom. The SMILES string of the molecule is CCOC(=O)C(SCC)c1ccc(C)cc1. The molecular weight excluding hydrogens is 220 g/mol. The van der Waals surface area contributed by atoms with Gasteiger partial charge < -0.3 is 4.74 Å². The number of esters is 1. The molecule has 0 aliphatic rings. The van der Waals surface area contributed by atoms with Gasteiger partial charge in [0.25, 0.3) is 0 Å². The normalized spacial score (nSPS) is 12.2. The van der Waals surface area contributed by atoms with E-state index in [2.05, 4.69) is 0 Å². The Morgan fingerprint density at radius 1 is 1.31 bits per heavy atom. The van der Waals surface area contributed by atoms with E-state index in [0.29, 0.717) is 6.61 Å². The highest BCUT2D eigenvalue weighted by Gasteiger charge is 2.21. The maximum atomic E-state index is 11.8. The molecule has 0 aliphatic carbocycles. The highest BCUT2D eigenvalue weighted by Crippen LogP contribution is 2.30. The second-order valence-electron chi connectivity index (χ2n) is 3.50. The van der Waals surface area contributed by atoms with Crippen molar-refractivity contribution in [2.24, 2.45) is 0 Å². The van der Waals surface area contributed by atoms with Crippen LogP contribution < -0.4 is 0 Å². The van der Waals surface area contributed by atoms with E-state index in [1.807, 2.05) is 45.0 Å². The largest absolute Gasteiger partial charge is 0.465 e. The summed E-state index contributed by atoms with van der Waals surface area (Å²) in [5, 5.41) is -0.189. The lowest BCUT2D eigenvalue weighted by atomic mass is 10.1. The molecule has 0 N–H and O–H groups in total. The molecule has 0 heterocycles. The third kappa shape index (κ3) is 3.56. The van der Waals surface area contributed by atoms with Gasteiger partial charge in [0.05, 0.1) is 6.61 Å². The number of thioether (sulfide) groups is 1. The van der Waals surface area contributed by atoms with Crippen LogP contribution in [0.25, 0.3) is 0 Å². The molecule has 0 saturated carbocycles. The molecule has 1 aromatic rings. The summed E-state index contributed by atoms with van der Waals surface area (Å²) in [6.07, 6.45) is 0. The molecule has 1 rings (SSSR count). The zero-order valence-corrected chi connectivity index (χ0v) is 10.8. The molecule has 0 radical (unpaired) electrons. The van der Waals surface area contributed by atoms with Gasteiger partial charge in [-0.3, -0.25) is 4.79 Å². The zero-order valence-electron chi connectivity index (χ0n) is 10.0. The first kappa shape index (κ1) is 13.1. The summed E-state index contributed by atoms with van der Waals surface area (Å²) in [7, 11) is 0. The van der Waals surface area contributed by atoms with E-state index < -0.39 is 0 Å². The molecule has 0 aliphatic heterocycles. The lowest BCUT2D eigenvalue weighted by molar-refractivity contribution is -0.142. The minimum Gasteiger partial charge on any atom is -0.465 e. The average molecular weight is 238 g/mol. The van der Waals surface area contributed by atoms with Gasteiger partial charge in [-0.15, -0.1) is 11.8 Å². The summed E-state index contributed by atoms with van der Waals surface area (Å²) in [6.45, 7) is 6.35. The van der Waals surface area contributed by atoms with Crippen LogP contribution in [0, 0.1) is 6.92 Å². The quantitative estimate of drug-likeness (QED) is 0.736. The van der Waals surface area contributed by atoms with E-state index >= 15 is 0 Å². The third-order valence-corrected chi connectivity index (χ3v) is 3.35. The number of aryl methyl sites for hydroxylation is 1. The zero-order chi connectivity index (χ0) is 12.0. The van der Waals surface area contributed by atoms with Crippen molar-refractivity contribution in [3.8, 4) is 0 Å². The van der Waals surface area contributed by atoms with Gasteiger partial charge in [-0.2, -0.15) is 0 Å². The van der Waals surface area contributed by atoms with Crippen molar-refractivity contribution in [1.29, 1.82) is 0 Å². The Kier molecular flexibility index (Phi) is 5.39. The van der Waals surface area contributed by atoms with Crippen LogP contribution in [0.5, 0.6) is 0 Å². The third-order valence-electron chi connectivity index (χ3n) is 2.21. The lowest BCUT2D eigenvalue weighted by Crippen LogP contribution is -2.13. The van der Waals surface area contributed by atoms with Crippen molar-refractivity contribution in [2.45, 2.75) is 26.0 Å². The molecule has 0 fully saturated rings. The van der Waals surface area contributed by atoms with Crippen LogP contribution in [-0.4, -0.2) is 18.3 Å². The number of hydrogen-bond acceptors (Lipinski definition) is 3. The molecular formula is C13H18O2S. The highest BCUT2D eigenvalue weighted by atomic mass is 32.2. The van der Waals surface area contributed by atoms with Gasteiger partial charge in [0.1, 0.15) is 5.25 Å². The molecule has 0 aromatic heterocycles. The van der Waals surface area contributed by atoms with Crippen LogP contribution in [0.2, 0.25) is 0 Å². The Labute approximate surface area is 101 Å². The van der Waals surface area contributed by atoms with Crippen LogP contribution in [0.3, 0.4) is 0 Å². The van der Waals surface area contributed by atoms with Crippen molar-refractivity contribution in [3.63, 3.8) is 0 Å². The van der Waals surface area contributed by atoms with Crippen LogP contribution in [-0.2, 0) is 9.53 Å². The molecule has 0 spiro atoms. The van der Waals surface area contributed by atoms with Gasteiger partial charge >= 0.3 is 5.97 Å². The highest BCUT2D eigenvalue weighted by molar-refractivity contribution is 8.00. The Morgan fingerprint density at radius 2 is 1.94 bits per heavy atom. The van der Waals surface area contributed by atoms with Crippen molar-refractivity contribution < 1.29 is 9.53 Å². The minimum atomic E-state index is -0.189. The van der Waals surface area contributed by atoms with Gasteiger partial charge in [0.2, 0.25) is 0 Å². The van der Waals surface area contributed by atoms with E-state index in [1.54, 1.807) is 11.8 Å². The van der Waals surface area contributed by atoms with Crippen LogP contribution >= 0.6 is 11.8 Å². The molecule has 2 nitrogen and oxygen atoms in total. The molecule has 1 aromatic carbocycles. The van der Waals surface area contributed by atoms with Crippen LogP contribution in [0.1, 0.15) is 30.2 Å². The second kappa shape index (κ2) is 6.59. The molecule has 16 heavy (non-hydrogen) atoms. The van der Waals surface area contributed by atoms with Crippen LogP contribution in [0.15, 0.2) is 24.3 Å². The van der Waals surface area contributed by atoms with Gasteiger partial charge in [-0.1, -0.05) is 36.8 Å². The van der Waals surface area contributed by atoms with E-state index in [1.165, 1.54) is 5.56 Å². The smallest absolute Gasteiger partial charge is 0.323 e. The lowest BCUT2D eigenvalue weighted by Gasteiger charge is -2.14. The summed E-state index contributed by atoms with van der Waals surface area (Å²) in [4.78, 5) is 11.8. The minimum absolute atomic E-state index is 0.141. The maximum absolute atomic E-state index is 11.8. The maximum Gasteiger partial charge on any atom is 0.323 e. The molecule has 88 valence electrons. The van der Waals surface area contributed by atoms with Crippen molar-refractivity contribution in [2.75, 3.05) is 12.4 Å². The first-order valence-electron chi connectivity index (χ1n) is 5.53. The molecule has 1 unspecified atom stereocenters. The van der Waals surface area contributed by atoms with Crippen molar-refractivity contribution >= 4 is 17.7 Å². The number of rotatable bonds is 5. The van der Waals surface area contributed by atoms with Gasteiger partial charge in [0, 0.05) is 0 Å². The first-order valence-corrected chi connectivity index (χ1v) is 6.58. The summed E-state index contributed by atoms with van der Waals surface area (Å²) in [5.41, 5.74) is 2.23. The Balaban J connectivity index is 2.84. The Hall–Kier alpha value is -0.960. The van der Waals surface area contributed by atoms with E-state index in [9.17, 15) is 4.79 Å². The summed E-state index contributed by atoms with van der Waals surface area (Å²) in [6, 6.07) is 8.05. The topological polar surface area (TPSA) is 26.3 Å². The summed E-state index contributed by atoms with van der Waals surface area (Å²) < 4.78 is 5.08. The predicted molar refractivity (Wildman–Crippen MR) is 68.7 cm³/mol. The number of hydrogen-bond donors (Lipinski definition) is 0. The molecule has 0 bridgehead atoms. The molecule has 0 amide bonds.